The molecule has 0 spiro atoms. The van der Waals surface area contributed by atoms with Gasteiger partial charge in [0.25, 0.3) is 0 Å². The zero-order valence-corrected chi connectivity index (χ0v) is 10.7. The van der Waals surface area contributed by atoms with Gasteiger partial charge in [-0.05, 0) is 35.1 Å². The molecule has 16 heavy (non-hydrogen) atoms. The predicted molar refractivity (Wildman–Crippen MR) is 72.2 cm³/mol. The number of aryl methyl sites for hydroxylation is 1. The smallest absolute Gasteiger partial charge is 0.0241 e. The monoisotopic (exact) mass is 215 g/mol. The van der Waals surface area contributed by atoms with Crippen LogP contribution in [0.15, 0.2) is 36.6 Å². The molecule has 86 valence electrons. The van der Waals surface area contributed by atoms with Crippen molar-refractivity contribution in [3.05, 3.63) is 53.2 Å². The molecule has 1 aromatic carbocycles. The third-order valence-electron chi connectivity index (χ3n) is 2.61. The van der Waals surface area contributed by atoms with E-state index in [2.05, 4.69) is 52.5 Å². The summed E-state index contributed by atoms with van der Waals surface area (Å²) >= 11 is 0. The van der Waals surface area contributed by atoms with Crippen LogP contribution in [0.2, 0.25) is 0 Å². The van der Waals surface area contributed by atoms with Crippen LogP contribution >= 0.6 is 0 Å². The van der Waals surface area contributed by atoms with E-state index in [1.165, 1.54) is 16.7 Å². The van der Waals surface area contributed by atoms with E-state index in [4.69, 9.17) is 5.73 Å². The zero-order chi connectivity index (χ0) is 12.3. The van der Waals surface area contributed by atoms with E-state index in [1.807, 2.05) is 12.2 Å². The normalized spacial score (nSPS) is 12.0. The number of rotatable bonds is 2. The topological polar surface area (TPSA) is 26.0 Å². The van der Waals surface area contributed by atoms with Crippen LogP contribution in [0.4, 0.5) is 0 Å². The fraction of sp³-hybridized carbons (Fsp3) is 0.333. The van der Waals surface area contributed by atoms with Gasteiger partial charge in [0.2, 0.25) is 0 Å². The number of hydrogen-bond donors (Lipinski definition) is 1. The quantitative estimate of drug-likeness (QED) is 0.746. The minimum atomic E-state index is 0.199. The average molecular weight is 215 g/mol. The standard InChI is InChI=1S/C15H21N/c1-11-10-14(15(3,4)5)9-8-13(11)7-6-12(2)16/h6-10H,2,16H2,1,3-5H3/b7-6-. The first kappa shape index (κ1) is 12.6. The molecule has 0 aliphatic rings. The summed E-state index contributed by atoms with van der Waals surface area (Å²) in [6, 6.07) is 6.54. The highest BCUT2D eigenvalue weighted by atomic mass is 14.5. The van der Waals surface area contributed by atoms with Crippen molar-refractivity contribution >= 4 is 6.08 Å². The third-order valence-corrected chi connectivity index (χ3v) is 2.61. The molecular formula is C15H21N. The Balaban J connectivity index is 3.05. The van der Waals surface area contributed by atoms with Crippen molar-refractivity contribution in [1.29, 1.82) is 0 Å². The second-order valence-electron chi connectivity index (χ2n) is 5.23. The van der Waals surface area contributed by atoms with Crippen molar-refractivity contribution in [2.24, 2.45) is 5.73 Å². The zero-order valence-electron chi connectivity index (χ0n) is 10.7. The number of nitrogens with two attached hydrogens (primary N) is 1. The lowest BCUT2D eigenvalue weighted by Gasteiger charge is -2.20. The molecule has 0 bridgehead atoms. The van der Waals surface area contributed by atoms with Gasteiger partial charge in [-0.1, -0.05) is 51.6 Å². The van der Waals surface area contributed by atoms with Crippen LogP contribution in [0.1, 0.15) is 37.5 Å². The molecule has 0 radical (unpaired) electrons. The molecule has 0 aliphatic carbocycles. The molecule has 0 saturated heterocycles. The first-order valence-corrected chi connectivity index (χ1v) is 5.54. The molecule has 0 aliphatic heterocycles. The van der Waals surface area contributed by atoms with Gasteiger partial charge in [0.1, 0.15) is 0 Å². The molecule has 1 nitrogen and oxygen atoms in total. The lowest BCUT2D eigenvalue weighted by Crippen LogP contribution is -2.11. The van der Waals surface area contributed by atoms with Gasteiger partial charge < -0.3 is 5.73 Å². The van der Waals surface area contributed by atoms with Crippen LogP contribution < -0.4 is 5.73 Å². The van der Waals surface area contributed by atoms with Crippen LogP contribution in [0, 0.1) is 6.92 Å². The highest BCUT2D eigenvalue weighted by molar-refractivity contribution is 5.57. The highest BCUT2D eigenvalue weighted by Crippen LogP contribution is 2.24. The molecular weight excluding hydrogens is 194 g/mol. The molecule has 0 atom stereocenters. The molecule has 2 N–H and O–H groups in total. The van der Waals surface area contributed by atoms with Gasteiger partial charge in [0.05, 0.1) is 0 Å². The summed E-state index contributed by atoms with van der Waals surface area (Å²) in [6.45, 7) is 12.4. The summed E-state index contributed by atoms with van der Waals surface area (Å²) in [6.07, 6.45) is 3.84. The Bertz CT molecular complexity index is 420. The van der Waals surface area contributed by atoms with Crippen molar-refractivity contribution in [3.8, 4) is 0 Å². The van der Waals surface area contributed by atoms with Gasteiger partial charge in [-0.3, -0.25) is 0 Å². The Morgan fingerprint density at radius 3 is 2.38 bits per heavy atom. The third kappa shape index (κ3) is 3.27. The second kappa shape index (κ2) is 4.56. The highest BCUT2D eigenvalue weighted by Gasteiger charge is 2.13. The van der Waals surface area contributed by atoms with E-state index < -0.39 is 0 Å². The van der Waals surface area contributed by atoms with Crippen LogP contribution in [0.25, 0.3) is 6.08 Å². The maximum atomic E-state index is 5.51. The minimum Gasteiger partial charge on any atom is -0.399 e. The Kier molecular flexibility index (Phi) is 3.58. The van der Waals surface area contributed by atoms with Crippen molar-refractivity contribution < 1.29 is 0 Å². The summed E-state index contributed by atoms with van der Waals surface area (Å²) < 4.78 is 0. The maximum Gasteiger partial charge on any atom is 0.0241 e. The fourth-order valence-electron chi connectivity index (χ4n) is 1.53. The molecule has 0 heterocycles. The molecule has 0 amide bonds. The van der Waals surface area contributed by atoms with Crippen LogP contribution in [-0.4, -0.2) is 0 Å². The van der Waals surface area contributed by atoms with Gasteiger partial charge in [0.15, 0.2) is 0 Å². The minimum absolute atomic E-state index is 0.199. The van der Waals surface area contributed by atoms with Gasteiger partial charge in [0, 0.05) is 5.70 Å². The number of allylic oxidation sites excluding steroid dienone is 1. The Labute approximate surface area is 98.7 Å². The van der Waals surface area contributed by atoms with Gasteiger partial charge in [-0.2, -0.15) is 0 Å². The summed E-state index contributed by atoms with van der Waals surface area (Å²) in [5.41, 5.74) is 10.1. The number of benzene rings is 1. The first-order valence-electron chi connectivity index (χ1n) is 5.54. The summed E-state index contributed by atoms with van der Waals surface area (Å²) in [4.78, 5) is 0. The largest absolute Gasteiger partial charge is 0.399 e. The average Bonchev–Trinajstić information content (AvgIpc) is 2.14. The van der Waals surface area contributed by atoms with E-state index in [1.54, 1.807) is 0 Å². The van der Waals surface area contributed by atoms with E-state index >= 15 is 0 Å². The van der Waals surface area contributed by atoms with E-state index in [9.17, 15) is 0 Å². The second-order valence-corrected chi connectivity index (χ2v) is 5.23. The van der Waals surface area contributed by atoms with Crippen molar-refractivity contribution in [2.45, 2.75) is 33.1 Å². The van der Waals surface area contributed by atoms with Gasteiger partial charge >= 0.3 is 0 Å². The van der Waals surface area contributed by atoms with Crippen LogP contribution in [0.5, 0.6) is 0 Å². The lowest BCUT2D eigenvalue weighted by atomic mass is 9.85. The molecule has 0 aromatic heterocycles. The van der Waals surface area contributed by atoms with Crippen molar-refractivity contribution in [3.63, 3.8) is 0 Å². The van der Waals surface area contributed by atoms with Crippen molar-refractivity contribution in [2.75, 3.05) is 0 Å². The molecule has 1 rings (SSSR count). The summed E-state index contributed by atoms with van der Waals surface area (Å²) in [5, 5.41) is 0. The summed E-state index contributed by atoms with van der Waals surface area (Å²) in [7, 11) is 0. The molecule has 0 saturated carbocycles. The molecule has 0 fully saturated rings. The van der Waals surface area contributed by atoms with E-state index in [-0.39, 0.29) is 5.41 Å². The van der Waals surface area contributed by atoms with E-state index in [0.717, 1.165) is 0 Å². The summed E-state index contributed by atoms with van der Waals surface area (Å²) in [5.74, 6) is 0. The Morgan fingerprint density at radius 1 is 1.31 bits per heavy atom. The molecule has 1 heteroatoms. The maximum absolute atomic E-state index is 5.51. The molecule has 0 unspecified atom stereocenters. The Morgan fingerprint density at radius 2 is 1.94 bits per heavy atom. The number of hydrogen-bond acceptors (Lipinski definition) is 1. The molecule has 1 aromatic rings. The van der Waals surface area contributed by atoms with E-state index in [0.29, 0.717) is 5.70 Å². The van der Waals surface area contributed by atoms with Crippen LogP contribution in [-0.2, 0) is 5.41 Å². The SMILES string of the molecule is C=C(N)/C=C\c1ccc(C(C)(C)C)cc1C. The predicted octanol–water partition coefficient (Wildman–Crippen LogP) is 3.78. The van der Waals surface area contributed by atoms with Gasteiger partial charge in [-0.25, -0.2) is 0 Å². The Hall–Kier alpha value is -1.50. The lowest BCUT2D eigenvalue weighted by molar-refractivity contribution is 0.589. The van der Waals surface area contributed by atoms with Gasteiger partial charge in [-0.15, -0.1) is 0 Å². The van der Waals surface area contributed by atoms with Crippen LogP contribution in [0.3, 0.4) is 0 Å². The first-order chi connectivity index (χ1) is 7.30. The van der Waals surface area contributed by atoms with Crippen molar-refractivity contribution in [1.82, 2.24) is 0 Å². The fourth-order valence-corrected chi connectivity index (χ4v) is 1.53.